The number of anilines is 1. The lowest BCUT2D eigenvalue weighted by Crippen LogP contribution is -2.28. The Kier molecular flexibility index (Phi) is 3.13. The highest BCUT2D eigenvalue weighted by Crippen LogP contribution is 2.27. The average Bonchev–Trinajstić information content (AvgIpc) is 2.77. The van der Waals surface area contributed by atoms with E-state index in [4.69, 9.17) is 5.11 Å². The van der Waals surface area contributed by atoms with Gasteiger partial charge in [0.05, 0.1) is 5.56 Å². The van der Waals surface area contributed by atoms with Crippen molar-refractivity contribution in [2.24, 2.45) is 0 Å². The molecule has 0 radical (unpaired) electrons. The molecule has 0 bridgehead atoms. The highest BCUT2D eigenvalue weighted by molar-refractivity contribution is 5.88. The van der Waals surface area contributed by atoms with Crippen molar-refractivity contribution in [2.45, 2.75) is 32.2 Å². The Morgan fingerprint density at radius 1 is 1.56 bits per heavy atom. The molecule has 0 aromatic heterocycles. The third-order valence-electron chi connectivity index (χ3n) is 3.27. The maximum Gasteiger partial charge on any atom is 0.335 e. The van der Waals surface area contributed by atoms with Crippen LogP contribution in [0.5, 0.6) is 0 Å². The Morgan fingerprint density at radius 2 is 2.38 bits per heavy atom. The largest absolute Gasteiger partial charge is 0.478 e. The van der Waals surface area contributed by atoms with E-state index in [9.17, 15) is 4.79 Å². The van der Waals surface area contributed by atoms with Crippen LogP contribution in [-0.2, 0) is 0 Å². The second-order valence-corrected chi connectivity index (χ2v) is 4.25. The molecule has 1 atom stereocenters. The van der Waals surface area contributed by atoms with Crippen LogP contribution in [0.25, 0.3) is 0 Å². The first kappa shape index (κ1) is 11.0. The first-order valence-electron chi connectivity index (χ1n) is 5.82. The van der Waals surface area contributed by atoms with Crippen molar-refractivity contribution in [1.82, 2.24) is 0 Å². The summed E-state index contributed by atoms with van der Waals surface area (Å²) in [7, 11) is 0. The summed E-state index contributed by atoms with van der Waals surface area (Å²) in [6.07, 6.45) is 3.54. The second kappa shape index (κ2) is 4.56. The van der Waals surface area contributed by atoms with Gasteiger partial charge in [-0.15, -0.1) is 0 Å². The van der Waals surface area contributed by atoms with Crippen LogP contribution in [0.2, 0.25) is 0 Å². The van der Waals surface area contributed by atoms with Gasteiger partial charge >= 0.3 is 5.97 Å². The van der Waals surface area contributed by atoms with E-state index >= 15 is 0 Å². The normalized spacial score (nSPS) is 20.1. The summed E-state index contributed by atoms with van der Waals surface area (Å²) in [5.74, 6) is -0.853. The van der Waals surface area contributed by atoms with Gasteiger partial charge in [-0.1, -0.05) is 13.0 Å². The van der Waals surface area contributed by atoms with Crippen molar-refractivity contribution in [3.8, 4) is 0 Å². The molecular formula is C13H17NO2. The number of hydrogen-bond donors (Lipinski definition) is 1. The first-order chi connectivity index (χ1) is 7.72. The second-order valence-electron chi connectivity index (χ2n) is 4.25. The van der Waals surface area contributed by atoms with Gasteiger partial charge < -0.3 is 10.0 Å². The molecule has 0 spiro atoms. The Bertz CT molecular complexity index is 389. The van der Waals surface area contributed by atoms with Gasteiger partial charge in [0, 0.05) is 18.3 Å². The molecule has 3 heteroatoms. The molecule has 0 saturated carbocycles. The van der Waals surface area contributed by atoms with Gasteiger partial charge in [-0.05, 0) is 37.5 Å². The summed E-state index contributed by atoms with van der Waals surface area (Å²) in [4.78, 5) is 13.2. The molecule has 0 amide bonds. The fourth-order valence-electron chi connectivity index (χ4n) is 2.42. The zero-order valence-corrected chi connectivity index (χ0v) is 9.52. The quantitative estimate of drug-likeness (QED) is 0.849. The lowest BCUT2D eigenvalue weighted by molar-refractivity contribution is 0.0697. The summed E-state index contributed by atoms with van der Waals surface area (Å²) in [6, 6.07) is 7.81. The molecule has 1 aliphatic heterocycles. The smallest absolute Gasteiger partial charge is 0.335 e. The molecule has 2 rings (SSSR count). The van der Waals surface area contributed by atoms with Crippen molar-refractivity contribution in [1.29, 1.82) is 0 Å². The van der Waals surface area contributed by atoms with Gasteiger partial charge in [0.2, 0.25) is 0 Å². The first-order valence-corrected chi connectivity index (χ1v) is 5.82. The molecule has 1 unspecified atom stereocenters. The summed E-state index contributed by atoms with van der Waals surface area (Å²) in [6.45, 7) is 3.23. The third-order valence-corrected chi connectivity index (χ3v) is 3.27. The average molecular weight is 219 g/mol. The van der Waals surface area contributed by atoms with E-state index < -0.39 is 5.97 Å². The molecule has 1 fully saturated rings. The molecule has 0 aliphatic carbocycles. The fraction of sp³-hybridized carbons (Fsp3) is 0.462. The van der Waals surface area contributed by atoms with Crippen LogP contribution in [0.1, 0.15) is 36.5 Å². The minimum atomic E-state index is -0.853. The molecule has 1 saturated heterocycles. The molecule has 1 aromatic carbocycles. The highest BCUT2D eigenvalue weighted by Gasteiger charge is 2.23. The number of hydrogen-bond acceptors (Lipinski definition) is 2. The minimum absolute atomic E-state index is 0.374. The summed E-state index contributed by atoms with van der Waals surface area (Å²) in [5, 5.41) is 8.96. The fourth-order valence-corrected chi connectivity index (χ4v) is 2.42. The molecule has 16 heavy (non-hydrogen) atoms. The molecule has 1 heterocycles. The molecule has 1 aliphatic rings. The highest BCUT2D eigenvalue weighted by atomic mass is 16.4. The van der Waals surface area contributed by atoms with E-state index in [0.29, 0.717) is 11.6 Å². The number of carbonyl (C=O) groups is 1. The van der Waals surface area contributed by atoms with Crippen molar-refractivity contribution in [3.05, 3.63) is 29.8 Å². The van der Waals surface area contributed by atoms with E-state index in [0.717, 1.165) is 18.7 Å². The number of carboxylic acid groups (broad SMARTS) is 1. The number of nitrogens with zero attached hydrogens (tertiary/aromatic N) is 1. The third kappa shape index (κ3) is 2.03. The zero-order chi connectivity index (χ0) is 11.5. The SMILES string of the molecule is CCC1CCCN1c1cccc(C(=O)O)c1. The van der Waals surface area contributed by atoms with Gasteiger partial charge in [0.15, 0.2) is 0 Å². The van der Waals surface area contributed by atoms with Crippen molar-refractivity contribution >= 4 is 11.7 Å². The zero-order valence-electron chi connectivity index (χ0n) is 9.52. The van der Waals surface area contributed by atoms with Crippen LogP contribution in [0.4, 0.5) is 5.69 Å². The van der Waals surface area contributed by atoms with Crippen LogP contribution < -0.4 is 4.90 Å². The Hall–Kier alpha value is -1.51. The molecular weight excluding hydrogens is 202 g/mol. The van der Waals surface area contributed by atoms with Gasteiger partial charge in [-0.3, -0.25) is 0 Å². The van der Waals surface area contributed by atoms with Gasteiger partial charge in [-0.25, -0.2) is 4.79 Å². The van der Waals surface area contributed by atoms with Crippen molar-refractivity contribution < 1.29 is 9.90 Å². The Balaban J connectivity index is 2.26. The van der Waals surface area contributed by atoms with Gasteiger partial charge in [0.1, 0.15) is 0 Å². The standard InChI is InChI=1S/C13H17NO2/c1-2-11-7-4-8-14(11)12-6-3-5-10(9-12)13(15)16/h3,5-6,9,11H,2,4,7-8H2,1H3,(H,15,16). The van der Waals surface area contributed by atoms with Crippen LogP contribution >= 0.6 is 0 Å². The van der Waals surface area contributed by atoms with Crippen LogP contribution in [0.15, 0.2) is 24.3 Å². The molecule has 1 N–H and O–H groups in total. The number of rotatable bonds is 3. The molecule has 1 aromatic rings. The number of aromatic carboxylic acids is 1. The van der Waals surface area contributed by atoms with E-state index in [1.165, 1.54) is 12.8 Å². The topological polar surface area (TPSA) is 40.5 Å². The van der Waals surface area contributed by atoms with E-state index in [-0.39, 0.29) is 0 Å². The van der Waals surface area contributed by atoms with Gasteiger partial charge in [0.25, 0.3) is 0 Å². The molecule has 86 valence electrons. The van der Waals surface area contributed by atoms with Crippen molar-refractivity contribution in [3.63, 3.8) is 0 Å². The van der Waals surface area contributed by atoms with Crippen LogP contribution in [0, 0.1) is 0 Å². The van der Waals surface area contributed by atoms with Gasteiger partial charge in [-0.2, -0.15) is 0 Å². The lowest BCUT2D eigenvalue weighted by atomic mass is 10.1. The maximum atomic E-state index is 10.9. The predicted molar refractivity (Wildman–Crippen MR) is 64.1 cm³/mol. The number of carboxylic acids is 1. The van der Waals surface area contributed by atoms with E-state index in [2.05, 4.69) is 11.8 Å². The minimum Gasteiger partial charge on any atom is -0.478 e. The monoisotopic (exact) mass is 219 g/mol. The lowest BCUT2D eigenvalue weighted by Gasteiger charge is -2.26. The van der Waals surface area contributed by atoms with Crippen LogP contribution in [0.3, 0.4) is 0 Å². The Labute approximate surface area is 95.7 Å². The van der Waals surface area contributed by atoms with E-state index in [1.807, 2.05) is 12.1 Å². The summed E-state index contributed by atoms with van der Waals surface area (Å²) >= 11 is 0. The summed E-state index contributed by atoms with van der Waals surface area (Å²) < 4.78 is 0. The maximum absolute atomic E-state index is 10.9. The predicted octanol–water partition coefficient (Wildman–Crippen LogP) is 2.76. The van der Waals surface area contributed by atoms with Crippen molar-refractivity contribution in [2.75, 3.05) is 11.4 Å². The van der Waals surface area contributed by atoms with E-state index in [1.54, 1.807) is 12.1 Å². The number of benzene rings is 1. The Morgan fingerprint density at radius 3 is 3.06 bits per heavy atom. The summed E-state index contributed by atoms with van der Waals surface area (Å²) in [5.41, 5.74) is 1.42. The molecule has 3 nitrogen and oxygen atoms in total. The van der Waals surface area contributed by atoms with Crippen LogP contribution in [-0.4, -0.2) is 23.7 Å².